The van der Waals surface area contributed by atoms with Crippen LogP contribution in [0.15, 0.2) is 24.3 Å². The molecule has 1 N–H and O–H groups in total. The highest BCUT2D eigenvalue weighted by Crippen LogP contribution is 2.16. The first-order valence-electron chi connectivity index (χ1n) is 5.52. The maximum absolute atomic E-state index is 11.7. The molecule has 4 heteroatoms. The van der Waals surface area contributed by atoms with E-state index in [-0.39, 0.29) is 12.2 Å². The monoisotopic (exact) mass is 243 g/mol. The molecule has 18 heavy (non-hydrogen) atoms. The van der Waals surface area contributed by atoms with E-state index in [0.29, 0.717) is 23.1 Å². The highest BCUT2D eigenvalue weighted by molar-refractivity contribution is 5.98. The number of hydrogen-bond donors (Lipinski definition) is 1. The van der Waals surface area contributed by atoms with E-state index < -0.39 is 5.97 Å². The zero-order valence-corrected chi connectivity index (χ0v) is 10.0. The second-order valence-electron chi connectivity index (χ2n) is 3.70. The van der Waals surface area contributed by atoms with Gasteiger partial charge in [-0.3, -0.25) is 4.79 Å². The minimum Gasteiger partial charge on any atom is -0.478 e. The Bertz CT molecular complexity index is 538. The maximum Gasteiger partial charge on any atom is 0.328 e. The number of nitriles is 1. The molecule has 0 unspecified atom stereocenters. The Hall–Kier alpha value is -2.41. The van der Waals surface area contributed by atoms with Crippen molar-refractivity contribution in [1.82, 2.24) is 0 Å². The molecule has 0 aliphatic rings. The van der Waals surface area contributed by atoms with Crippen molar-refractivity contribution in [3.8, 4) is 6.07 Å². The van der Waals surface area contributed by atoms with Gasteiger partial charge in [0, 0.05) is 18.1 Å². The van der Waals surface area contributed by atoms with Crippen molar-refractivity contribution in [2.45, 2.75) is 19.8 Å². The van der Waals surface area contributed by atoms with E-state index in [4.69, 9.17) is 10.4 Å². The van der Waals surface area contributed by atoms with E-state index >= 15 is 0 Å². The quantitative estimate of drug-likeness (QED) is 0.636. The Morgan fingerprint density at radius 3 is 2.72 bits per heavy atom. The van der Waals surface area contributed by atoms with Gasteiger partial charge in [0.1, 0.15) is 0 Å². The summed E-state index contributed by atoms with van der Waals surface area (Å²) in [6.45, 7) is 1.75. The van der Waals surface area contributed by atoms with Gasteiger partial charge in [0.25, 0.3) is 0 Å². The average Bonchev–Trinajstić information content (AvgIpc) is 2.36. The SMILES string of the molecule is CCC(=O)c1cc(/C=C/C(=O)O)ccc1CC#N. The summed E-state index contributed by atoms with van der Waals surface area (Å²) in [5.41, 5.74) is 1.80. The van der Waals surface area contributed by atoms with Crippen LogP contribution in [0, 0.1) is 11.3 Å². The number of hydrogen-bond acceptors (Lipinski definition) is 3. The minimum absolute atomic E-state index is 0.0502. The van der Waals surface area contributed by atoms with E-state index in [2.05, 4.69) is 0 Å². The van der Waals surface area contributed by atoms with Crippen molar-refractivity contribution in [3.63, 3.8) is 0 Å². The molecule has 4 nitrogen and oxygen atoms in total. The van der Waals surface area contributed by atoms with Gasteiger partial charge in [0.15, 0.2) is 5.78 Å². The Kier molecular flexibility index (Phi) is 4.82. The molecule has 1 rings (SSSR count). The summed E-state index contributed by atoms with van der Waals surface area (Å²) in [7, 11) is 0. The number of carbonyl (C=O) groups excluding carboxylic acids is 1. The third-order valence-corrected chi connectivity index (χ3v) is 2.44. The first kappa shape index (κ1) is 13.7. The van der Waals surface area contributed by atoms with E-state index in [9.17, 15) is 9.59 Å². The molecule has 0 saturated heterocycles. The summed E-state index contributed by atoms with van der Waals surface area (Å²) in [5.74, 6) is -1.09. The predicted molar refractivity (Wildman–Crippen MR) is 67.1 cm³/mol. The topological polar surface area (TPSA) is 78.2 Å². The summed E-state index contributed by atoms with van der Waals surface area (Å²) in [5, 5.41) is 17.2. The van der Waals surface area contributed by atoms with Crippen molar-refractivity contribution in [2.24, 2.45) is 0 Å². The number of ketones is 1. The van der Waals surface area contributed by atoms with Gasteiger partial charge in [-0.05, 0) is 23.3 Å². The molecule has 1 aromatic carbocycles. The molecule has 0 atom stereocenters. The van der Waals surface area contributed by atoms with Crippen LogP contribution >= 0.6 is 0 Å². The Morgan fingerprint density at radius 2 is 2.17 bits per heavy atom. The van der Waals surface area contributed by atoms with Crippen molar-refractivity contribution >= 4 is 17.8 Å². The highest BCUT2D eigenvalue weighted by Gasteiger charge is 2.09. The fourth-order valence-corrected chi connectivity index (χ4v) is 1.55. The average molecular weight is 243 g/mol. The van der Waals surface area contributed by atoms with Crippen LogP contribution in [0.25, 0.3) is 6.08 Å². The molecule has 1 aromatic rings. The predicted octanol–water partition coefficient (Wildman–Crippen LogP) is 2.44. The van der Waals surface area contributed by atoms with Gasteiger partial charge in [0.05, 0.1) is 12.5 Å². The van der Waals surface area contributed by atoms with Gasteiger partial charge < -0.3 is 5.11 Å². The molecule has 0 heterocycles. The molecule has 0 saturated carbocycles. The zero-order chi connectivity index (χ0) is 13.5. The molecular formula is C14H13NO3. The van der Waals surface area contributed by atoms with Gasteiger partial charge in [-0.2, -0.15) is 5.26 Å². The first-order valence-corrected chi connectivity index (χ1v) is 5.52. The van der Waals surface area contributed by atoms with Crippen molar-refractivity contribution < 1.29 is 14.7 Å². The van der Waals surface area contributed by atoms with Crippen LogP contribution in [-0.4, -0.2) is 16.9 Å². The molecule has 0 bridgehead atoms. The lowest BCUT2D eigenvalue weighted by Crippen LogP contribution is -2.02. The van der Waals surface area contributed by atoms with E-state index in [1.165, 1.54) is 6.08 Å². The summed E-state index contributed by atoms with van der Waals surface area (Å²) in [4.78, 5) is 22.2. The first-order chi connectivity index (χ1) is 8.58. The third kappa shape index (κ3) is 3.56. The molecule has 0 radical (unpaired) electrons. The molecule has 0 spiro atoms. The summed E-state index contributed by atoms with van der Waals surface area (Å²) in [6, 6.07) is 7.01. The zero-order valence-electron chi connectivity index (χ0n) is 10.0. The van der Waals surface area contributed by atoms with E-state index in [1.807, 2.05) is 6.07 Å². The summed E-state index contributed by atoms with van der Waals surface area (Å²) in [6.07, 6.45) is 2.96. The number of rotatable bonds is 5. The standard InChI is InChI=1S/C14H13NO3/c1-2-13(16)12-9-10(4-6-14(17)18)3-5-11(12)7-8-15/h3-6,9H,2,7H2,1H3,(H,17,18)/b6-4+. The van der Waals surface area contributed by atoms with Gasteiger partial charge in [0.2, 0.25) is 0 Å². The minimum atomic E-state index is -1.04. The van der Waals surface area contributed by atoms with Crippen LogP contribution in [0.2, 0.25) is 0 Å². The highest BCUT2D eigenvalue weighted by atomic mass is 16.4. The van der Waals surface area contributed by atoms with Gasteiger partial charge >= 0.3 is 5.97 Å². The van der Waals surface area contributed by atoms with Gasteiger partial charge in [-0.15, -0.1) is 0 Å². The molecule has 0 aromatic heterocycles. The van der Waals surface area contributed by atoms with Crippen molar-refractivity contribution in [1.29, 1.82) is 5.26 Å². The molecule has 0 fully saturated rings. The molecule has 0 amide bonds. The van der Waals surface area contributed by atoms with Crippen LogP contribution in [-0.2, 0) is 11.2 Å². The number of carbonyl (C=O) groups is 2. The second-order valence-corrected chi connectivity index (χ2v) is 3.70. The van der Waals surface area contributed by atoms with Crippen molar-refractivity contribution in [2.75, 3.05) is 0 Å². The fourth-order valence-electron chi connectivity index (χ4n) is 1.55. The number of nitrogens with zero attached hydrogens (tertiary/aromatic N) is 1. The lowest BCUT2D eigenvalue weighted by Gasteiger charge is -2.06. The van der Waals surface area contributed by atoms with Crippen LogP contribution in [0.4, 0.5) is 0 Å². The van der Waals surface area contributed by atoms with Crippen LogP contribution in [0.3, 0.4) is 0 Å². The molecule has 0 aliphatic heterocycles. The second kappa shape index (κ2) is 6.36. The van der Waals surface area contributed by atoms with Crippen LogP contribution in [0.1, 0.15) is 34.8 Å². The third-order valence-electron chi connectivity index (χ3n) is 2.44. The Labute approximate surface area is 105 Å². The molecular weight excluding hydrogens is 230 g/mol. The van der Waals surface area contributed by atoms with Gasteiger partial charge in [-0.1, -0.05) is 19.1 Å². The largest absolute Gasteiger partial charge is 0.478 e. The Morgan fingerprint density at radius 1 is 1.44 bits per heavy atom. The van der Waals surface area contributed by atoms with Gasteiger partial charge in [-0.25, -0.2) is 4.79 Å². The maximum atomic E-state index is 11.7. The number of carboxylic acids is 1. The smallest absolute Gasteiger partial charge is 0.328 e. The fraction of sp³-hybridized carbons (Fsp3) is 0.214. The number of aliphatic carboxylic acids is 1. The molecule has 0 aliphatic carbocycles. The number of benzene rings is 1. The van der Waals surface area contributed by atoms with Crippen LogP contribution < -0.4 is 0 Å². The lowest BCUT2D eigenvalue weighted by molar-refractivity contribution is -0.131. The summed E-state index contributed by atoms with van der Waals surface area (Å²) < 4.78 is 0. The van der Waals surface area contributed by atoms with Crippen LogP contribution in [0.5, 0.6) is 0 Å². The number of carboxylic acid groups (broad SMARTS) is 1. The van der Waals surface area contributed by atoms with E-state index in [1.54, 1.807) is 25.1 Å². The summed E-state index contributed by atoms with van der Waals surface area (Å²) >= 11 is 0. The normalized spacial score (nSPS) is 10.2. The Balaban J connectivity index is 3.17. The van der Waals surface area contributed by atoms with Crippen molar-refractivity contribution in [3.05, 3.63) is 41.0 Å². The lowest BCUT2D eigenvalue weighted by atomic mass is 9.97. The number of Topliss-reactive ketones (excluding diaryl/α,β-unsaturated/α-hetero) is 1. The van der Waals surface area contributed by atoms with E-state index in [0.717, 1.165) is 6.08 Å². The molecule has 92 valence electrons.